The summed E-state index contributed by atoms with van der Waals surface area (Å²) >= 11 is 0. The highest BCUT2D eigenvalue weighted by molar-refractivity contribution is 5.97. The molecule has 1 fully saturated rings. The average molecular weight is 301 g/mol. The van der Waals surface area contributed by atoms with Gasteiger partial charge >= 0.3 is 6.18 Å². The Morgan fingerprint density at radius 2 is 1.90 bits per heavy atom. The topological polar surface area (TPSA) is 73.3 Å². The number of aliphatic hydroxyl groups is 1. The summed E-state index contributed by atoms with van der Waals surface area (Å²) in [4.78, 5) is 1.80. The van der Waals surface area contributed by atoms with Crippen molar-refractivity contribution < 1.29 is 18.3 Å². The Morgan fingerprint density at radius 1 is 1.33 bits per heavy atom. The predicted octanol–water partition coefficient (Wildman–Crippen LogP) is 2.34. The van der Waals surface area contributed by atoms with Crippen molar-refractivity contribution in [3.05, 3.63) is 29.3 Å². The highest BCUT2D eigenvalue weighted by atomic mass is 19.4. The molecule has 0 atom stereocenters. The monoisotopic (exact) mass is 301 g/mol. The number of piperidine rings is 1. The van der Waals surface area contributed by atoms with Crippen molar-refractivity contribution in [2.45, 2.75) is 31.5 Å². The second-order valence-electron chi connectivity index (χ2n) is 5.63. The van der Waals surface area contributed by atoms with Crippen LogP contribution in [0.3, 0.4) is 0 Å². The van der Waals surface area contributed by atoms with Gasteiger partial charge in [0.15, 0.2) is 0 Å². The molecule has 2 rings (SSSR count). The lowest BCUT2D eigenvalue weighted by Crippen LogP contribution is -2.42. The smallest absolute Gasteiger partial charge is 0.390 e. The third kappa shape index (κ3) is 3.47. The van der Waals surface area contributed by atoms with Crippen molar-refractivity contribution >= 4 is 11.5 Å². The molecule has 116 valence electrons. The number of nitrogen functional groups attached to an aromatic ring is 1. The zero-order valence-corrected chi connectivity index (χ0v) is 11.7. The molecule has 7 heteroatoms. The first kappa shape index (κ1) is 15.6. The van der Waals surface area contributed by atoms with Gasteiger partial charge in [0.2, 0.25) is 0 Å². The van der Waals surface area contributed by atoms with Gasteiger partial charge in [0.1, 0.15) is 5.84 Å². The van der Waals surface area contributed by atoms with Crippen LogP contribution in [0.4, 0.5) is 18.9 Å². The number of halogens is 3. The Bertz CT molecular complexity index is 545. The maximum Gasteiger partial charge on any atom is 0.417 e. The van der Waals surface area contributed by atoms with E-state index in [0.29, 0.717) is 31.6 Å². The molecule has 0 saturated carbocycles. The second-order valence-corrected chi connectivity index (χ2v) is 5.63. The molecule has 21 heavy (non-hydrogen) atoms. The Morgan fingerprint density at radius 3 is 2.38 bits per heavy atom. The van der Waals surface area contributed by atoms with Gasteiger partial charge in [-0.15, -0.1) is 0 Å². The number of nitrogens with one attached hydrogen (secondary N) is 1. The van der Waals surface area contributed by atoms with Crippen molar-refractivity contribution in [2.75, 3.05) is 18.0 Å². The molecule has 4 nitrogen and oxygen atoms in total. The number of nitrogens with two attached hydrogens (primary N) is 1. The van der Waals surface area contributed by atoms with Gasteiger partial charge in [-0.2, -0.15) is 13.2 Å². The van der Waals surface area contributed by atoms with Crippen LogP contribution in [-0.4, -0.2) is 29.6 Å². The fourth-order valence-electron chi connectivity index (χ4n) is 2.44. The molecule has 1 aromatic carbocycles. The van der Waals surface area contributed by atoms with Gasteiger partial charge in [-0.05, 0) is 38.0 Å². The fourth-order valence-corrected chi connectivity index (χ4v) is 2.44. The van der Waals surface area contributed by atoms with Crippen molar-refractivity contribution in [1.29, 1.82) is 5.41 Å². The number of alkyl halides is 3. The molecule has 1 heterocycles. The molecule has 1 aliphatic rings. The minimum Gasteiger partial charge on any atom is -0.390 e. The third-order valence-corrected chi connectivity index (χ3v) is 3.80. The summed E-state index contributed by atoms with van der Waals surface area (Å²) in [5.41, 5.74) is 3.68. The van der Waals surface area contributed by atoms with Gasteiger partial charge in [-0.3, -0.25) is 5.41 Å². The highest BCUT2D eigenvalue weighted by Crippen LogP contribution is 2.35. The number of hydrogen-bond acceptors (Lipinski definition) is 3. The van der Waals surface area contributed by atoms with Gasteiger partial charge in [-0.25, -0.2) is 0 Å². The Kier molecular flexibility index (Phi) is 3.88. The van der Waals surface area contributed by atoms with E-state index in [2.05, 4.69) is 0 Å². The zero-order chi connectivity index (χ0) is 15.8. The van der Waals surface area contributed by atoms with E-state index < -0.39 is 23.2 Å². The minimum absolute atomic E-state index is 0.310. The van der Waals surface area contributed by atoms with Crippen molar-refractivity contribution in [3.8, 4) is 0 Å². The highest BCUT2D eigenvalue weighted by Gasteiger charge is 2.35. The van der Waals surface area contributed by atoms with E-state index in [9.17, 15) is 18.3 Å². The molecule has 0 spiro atoms. The predicted molar refractivity (Wildman–Crippen MR) is 74.5 cm³/mol. The molecule has 4 N–H and O–H groups in total. The summed E-state index contributed by atoms with van der Waals surface area (Å²) in [6.07, 6.45) is -3.55. The summed E-state index contributed by atoms with van der Waals surface area (Å²) < 4.78 is 39.2. The standard InChI is InChI=1S/C14H18F3N3O/c1-13(21)4-6-20(7-5-13)9-2-3-10(12(18)19)11(8-9)14(15,16)17/h2-3,8,21H,4-7H2,1H3,(H3,18,19). The zero-order valence-electron chi connectivity index (χ0n) is 11.7. The van der Waals surface area contributed by atoms with Crippen LogP contribution in [0.2, 0.25) is 0 Å². The molecular formula is C14H18F3N3O. The first-order chi connectivity index (χ1) is 9.60. The molecule has 1 saturated heterocycles. The number of amidine groups is 1. The van der Waals surface area contributed by atoms with Crippen LogP contribution in [0.5, 0.6) is 0 Å². The Balaban J connectivity index is 2.33. The molecule has 0 bridgehead atoms. The van der Waals surface area contributed by atoms with Crippen molar-refractivity contribution in [2.24, 2.45) is 5.73 Å². The van der Waals surface area contributed by atoms with Crippen LogP contribution in [0.1, 0.15) is 30.9 Å². The Labute approximate surface area is 120 Å². The van der Waals surface area contributed by atoms with E-state index in [1.807, 2.05) is 0 Å². The maximum atomic E-state index is 13.1. The summed E-state index contributed by atoms with van der Waals surface area (Å²) in [7, 11) is 0. The van der Waals surface area contributed by atoms with Gasteiger partial charge in [0.25, 0.3) is 0 Å². The molecule has 0 radical (unpaired) electrons. The minimum atomic E-state index is -4.56. The maximum absolute atomic E-state index is 13.1. The van der Waals surface area contributed by atoms with Crippen molar-refractivity contribution in [1.82, 2.24) is 0 Å². The number of anilines is 1. The van der Waals surface area contributed by atoms with E-state index in [0.717, 1.165) is 6.07 Å². The average Bonchev–Trinajstić information content (AvgIpc) is 2.37. The van der Waals surface area contributed by atoms with Crippen LogP contribution in [0.25, 0.3) is 0 Å². The molecule has 0 aliphatic carbocycles. The van der Waals surface area contributed by atoms with E-state index in [-0.39, 0.29) is 5.56 Å². The molecular weight excluding hydrogens is 283 g/mol. The molecule has 0 aromatic heterocycles. The largest absolute Gasteiger partial charge is 0.417 e. The lowest BCUT2D eigenvalue weighted by molar-refractivity contribution is -0.137. The van der Waals surface area contributed by atoms with Crippen LogP contribution in [0.15, 0.2) is 18.2 Å². The van der Waals surface area contributed by atoms with E-state index in [4.69, 9.17) is 11.1 Å². The Hall–Kier alpha value is -1.76. The lowest BCUT2D eigenvalue weighted by Gasteiger charge is -2.37. The van der Waals surface area contributed by atoms with Crippen LogP contribution in [-0.2, 0) is 6.18 Å². The summed E-state index contributed by atoms with van der Waals surface area (Å²) in [5.74, 6) is -0.601. The lowest BCUT2D eigenvalue weighted by atomic mass is 9.93. The second kappa shape index (κ2) is 5.22. The molecule has 0 unspecified atom stereocenters. The SMILES string of the molecule is CC1(O)CCN(c2ccc(C(=N)N)c(C(F)(F)F)c2)CC1. The van der Waals surface area contributed by atoms with E-state index >= 15 is 0 Å². The van der Waals surface area contributed by atoms with Gasteiger partial charge in [0, 0.05) is 24.3 Å². The molecule has 0 amide bonds. The number of hydrogen-bond donors (Lipinski definition) is 3. The van der Waals surface area contributed by atoms with Crippen LogP contribution < -0.4 is 10.6 Å². The number of rotatable bonds is 2. The van der Waals surface area contributed by atoms with Crippen LogP contribution in [0, 0.1) is 5.41 Å². The summed E-state index contributed by atoms with van der Waals surface area (Å²) in [5, 5.41) is 17.1. The fraction of sp³-hybridized carbons (Fsp3) is 0.500. The van der Waals surface area contributed by atoms with Crippen LogP contribution >= 0.6 is 0 Å². The van der Waals surface area contributed by atoms with Gasteiger partial charge in [-0.1, -0.05) is 0 Å². The molecule has 1 aliphatic heterocycles. The summed E-state index contributed by atoms with van der Waals surface area (Å²) in [6, 6.07) is 3.79. The number of nitrogens with zero attached hydrogens (tertiary/aromatic N) is 1. The quantitative estimate of drug-likeness (QED) is 0.580. The first-order valence-corrected chi connectivity index (χ1v) is 6.63. The number of benzene rings is 1. The molecule has 1 aromatic rings. The van der Waals surface area contributed by atoms with E-state index in [1.165, 1.54) is 12.1 Å². The van der Waals surface area contributed by atoms with E-state index in [1.54, 1.807) is 11.8 Å². The third-order valence-electron chi connectivity index (χ3n) is 3.80. The van der Waals surface area contributed by atoms with Gasteiger partial charge < -0.3 is 15.7 Å². The summed E-state index contributed by atoms with van der Waals surface area (Å²) in [6.45, 7) is 2.71. The first-order valence-electron chi connectivity index (χ1n) is 6.63. The normalized spacial score (nSPS) is 18.6. The van der Waals surface area contributed by atoms with Crippen molar-refractivity contribution in [3.63, 3.8) is 0 Å². The van der Waals surface area contributed by atoms with Gasteiger partial charge in [0.05, 0.1) is 11.2 Å².